The zero-order valence-electron chi connectivity index (χ0n) is 16.7. The van der Waals surface area contributed by atoms with Crippen LogP contribution in [-0.2, 0) is 17.7 Å². The summed E-state index contributed by atoms with van der Waals surface area (Å²) in [6.45, 7) is 4.46. The molecule has 1 aromatic heterocycles. The van der Waals surface area contributed by atoms with E-state index < -0.39 is 5.97 Å². The Labute approximate surface area is 170 Å². The number of nitrogens with zero attached hydrogens (tertiary/aromatic N) is 1. The highest BCUT2D eigenvalue weighted by Gasteiger charge is 2.36. The summed E-state index contributed by atoms with van der Waals surface area (Å²) in [4.78, 5) is 21.6. The first kappa shape index (κ1) is 19.4. The van der Waals surface area contributed by atoms with Crippen molar-refractivity contribution in [3.63, 3.8) is 0 Å². The highest BCUT2D eigenvalue weighted by molar-refractivity contribution is 7.16. The number of aromatic carboxylic acids is 1. The fourth-order valence-corrected chi connectivity index (χ4v) is 5.81. The molecule has 1 saturated carbocycles. The van der Waals surface area contributed by atoms with E-state index in [1.54, 1.807) is 11.3 Å². The van der Waals surface area contributed by atoms with E-state index in [9.17, 15) is 9.90 Å². The quantitative estimate of drug-likeness (QED) is 0.724. The molecule has 2 aliphatic carbocycles. The zero-order valence-corrected chi connectivity index (χ0v) is 17.5. The summed E-state index contributed by atoms with van der Waals surface area (Å²) in [5, 5.41) is 10.1. The average molecular weight is 401 g/mol. The Morgan fingerprint density at radius 3 is 2.71 bits per heavy atom. The van der Waals surface area contributed by atoms with E-state index in [0.717, 1.165) is 53.8 Å². The minimum Gasteiger partial charge on any atom is -0.478 e. The summed E-state index contributed by atoms with van der Waals surface area (Å²) < 4.78 is 0. The molecule has 0 unspecified atom stereocenters. The Balaban J connectivity index is 1.77. The lowest BCUT2D eigenvalue weighted by Crippen LogP contribution is -2.47. The molecule has 2 aliphatic rings. The Bertz CT molecular complexity index is 899. The lowest BCUT2D eigenvalue weighted by molar-refractivity contribution is -0.0105. The van der Waals surface area contributed by atoms with Crippen LogP contribution < -0.4 is 10.8 Å². The number of nitrogens with two attached hydrogens (primary N) is 1. The van der Waals surface area contributed by atoms with E-state index in [4.69, 9.17) is 10.7 Å². The van der Waals surface area contributed by atoms with E-state index in [1.807, 2.05) is 12.1 Å². The molecule has 150 valence electrons. The van der Waals surface area contributed by atoms with Gasteiger partial charge in [0, 0.05) is 29.2 Å². The first-order chi connectivity index (χ1) is 13.3. The van der Waals surface area contributed by atoms with Crippen LogP contribution in [-0.4, -0.2) is 30.3 Å². The molecule has 0 amide bonds. The van der Waals surface area contributed by atoms with Crippen LogP contribution >= 0.6 is 11.3 Å². The molecule has 0 saturated heterocycles. The van der Waals surface area contributed by atoms with Crippen molar-refractivity contribution in [1.29, 1.82) is 0 Å². The molecule has 5 nitrogen and oxygen atoms in total. The first-order valence-corrected chi connectivity index (χ1v) is 10.7. The number of benzene rings is 1. The average Bonchev–Trinajstić information content (AvgIpc) is 2.98. The third kappa shape index (κ3) is 3.34. The number of anilines is 1. The van der Waals surface area contributed by atoms with Crippen LogP contribution in [0.5, 0.6) is 0 Å². The van der Waals surface area contributed by atoms with Crippen molar-refractivity contribution in [2.45, 2.75) is 58.1 Å². The summed E-state index contributed by atoms with van der Waals surface area (Å²) >= 11 is 1.67. The number of aryl methyl sites for hydroxylation is 1. The molecule has 1 fully saturated rings. The van der Waals surface area contributed by atoms with Crippen molar-refractivity contribution < 1.29 is 14.7 Å². The predicted octanol–water partition coefficient (Wildman–Crippen LogP) is 4.49. The van der Waals surface area contributed by atoms with Crippen LogP contribution in [0.2, 0.25) is 0 Å². The molecular weight excluding hydrogens is 372 g/mol. The number of carboxylic acid groups (broad SMARTS) is 1. The highest BCUT2D eigenvalue weighted by Crippen LogP contribution is 2.47. The summed E-state index contributed by atoms with van der Waals surface area (Å²) in [6, 6.07) is 8.50. The molecule has 1 aromatic carbocycles. The first-order valence-electron chi connectivity index (χ1n) is 9.86. The molecule has 1 heterocycles. The minimum absolute atomic E-state index is 0.116. The Kier molecular flexibility index (Phi) is 4.98. The van der Waals surface area contributed by atoms with E-state index in [-0.39, 0.29) is 11.5 Å². The summed E-state index contributed by atoms with van der Waals surface area (Å²) in [6.07, 6.45) is 4.79. The number of para-hydroxylation sites is 1. The van der Waals surface area contributed by atoms with Crippen molar-refractivity contribution >= 4 is 23.0 Å². The number of fused-ring (bicyclic) bond motifs is 1. The highest BCUT2D eigenvalue weighted by atomic mass is 32.1. The number of hydrogen-bond donors (Lipinski definition) is 2. The van der Waals surface area contributed by atoms with E-state index >= 15 is 0 Å². The van der Waals surface area contributed by atoms with Gasteiger partial charge in [0.15, 0.2) is 0 Å². The van der Waals surface area contributed by atoms with Crippen LogP contribution in [0.15, 0.2) is 24.3 Å². The maximum atomic E-state index is 12.3. The zero-order chi connectivity index (χ0) is 20.1. The van der Waals surface area contributed by atoms with Crippen LogP contribution in [0.1, 0.15) is 53.9 Å². The molecule has 6 heteroatoms. The number of carbonyl (C=O) groups is 1. The van der Waals surface area contributed by atoms with Gasteiger partial charge < -0.3 is 14.8 Å². The van der Waals surface area contributed by atoms with Gasteiger partial charge in [-0.15, -0.1) is 11.3 Å². The summed E-state index contributed by atoms with van der Waals surface area (Å²) in [7, 11) is 2.08. The molecule has 28 heavy (non-hydrogen) atoms. The Hall–Kier alpha value is -1.89. The second-order valence-electron chi connectivity index (χ2n) is 8.87. The molecular formula is C22H28N2O3S. The standard InChI is InChI=1S/C22H28N2O3S/c1-22(2)9-8-18-16(12-22)19(21(25)26)20(28-18)15-6-4-5-7-17(15)24(3)13-10-14(11-13)27-23/h4-7,13-14H,8-12,23H2,1-3H3,(H,25,26)/t13-,14+. The Morgan fingerprint density at radius 1 is 1.32 bits per heavy atom. The SMILES string of the molecule is CN(c1ccccc1-c1sc2c(c1C(=O)O)CC(C)(C)CC2)[C@H]1C[C@@H](ON)C1. The van der Waals surface area contributed by atoms with Crippen LogP contribution in [0.3, 0.4) is 0 Å². The topological polar surface area (TPSA) is 75.8 Å². The van der Waals surface area contributed by atoms with E-state index in [1.165, 1.54) is 4.88 Å². The predicted molar refractivity (Wildman–Crippen MR) is 113 cm³/mol. The van der Waals surface area contributed by atoms with Crippen LogP contribution in [0.25, 0.3) is 10.4 Å². The lowest BCUT2D eigenvalue weighted by Gasteiger charge is -2.41. The lowest BCUT2D eigenvalue weighted by atomic mass is 9.76. The second kappa shape index (κ2) is 7.17. The molecule has 2 aromatic rings. The molecule has 0 spiro atoms. The third-order valence-corrected chi connectivity index (χ3v) is 7.65. The maximum absolute atomic E-state index is 12.3. The van der Waals surface area contributed by atoms with Gasteiger partial charge in [0.1, 0.15) is 0 Å². The molecule has 0 aliphatic heterocycles. The maximum Gasteiger partial charge on any atom is 0.337 e. The van der Waals surface area contributed by atoms with E-state index in [2.05, 4.69) is 37.9 Å². The largest absolute Gasteiger partial charge is 0.478 e. The molecule has 0 radical (unpaired) electrons. The van der Waals surface area contributed by atoms with Crippen molar-refractivity contribution in [2.75, 3.05) is 11.9 Å². The van der Waals surface area contributed by atoms with Crippen molar-refractivity contribution in [3.8, 4) is 10.4 Å². The van der Waals surface area contributed by atoms with Gasteiger partial charge in [0.25, 0.3) is 0 Å². The smallest absolute Gasteiger partial charge is 0.337 e. The number of thiophene rings is 1. The number of rotatable bonds is 5. The number of hydrogen-bond acceptors (Lipinski definition) is 5. The monoisotopic (exact) mass is 400 g/mol. The molecule has 0 bridgehead atoms. The van der Waals surface area contributed by atoms with Gasteiger partial charge in [-0.2, -0.15) is 0 Å². The fraction of sp³-hybridized carbons (Fsp3) is 0.500. The van der Waals surface area contributed by atoms with Gasteiger partial charge in [-0.3, -0.25) is 0 Å². The summed E-state index contributed by atoms with van der Waals surface area (Å²) in [5.41, 5.74) is 3.78. The van der Waals surface area contributed by atoms with Gasteiger partial charge in [-0.25, -0.2) is 10.7 Å². The van der Waals surface area contributed by atoms with Gasteiger partial charge >= 0.3 is 5.97 Å². The van der Waals surface area contributed by atoms with Crippen molar-refractivity contribution in [3.05, 3.63) is 40.3 Å². The fourth-order valence-electron chi connectivity index (χ4n) is 4.47. The normalized spacial score (nSPS) is 23.0. The molecule has 3 N–H and O–H groups in total. The van der Waals surface area contributed by atoms with Gasteiger partial charge in [0.2, 0.25) is 0 Å². The molecule has 4 rings (SSSR count). The van der Waals surface area contributed by atoms with Crippen LogP contribution in [0.4, 0.5) is 5.69 Å². The van der Waals surface area contributed by atoms with E-state index in [0.29, 0.717) is 11.6 Å². The second-order valence-corrected chi connectivity index (χ2v) is 9.97. The number of carboxylic acids is 1. The Morgan fingerprint density at radius 2 is 2.04 bits per heavy atom. The van der Waals surface area contributed by atoms with Crippen molar-refractivity contribution in [1.82, 2.24) is 0 Å². The van der Waals surface area contributed by atoms with Gasteiger partial charge in [-0.05, 0) is 49.1 Å². The minimum atomic E-state index is -0.817. The molecule has 0 atom stereocenters. The van der Waals surface area contributed by atoms with Crippen LogP contribution in [0, 0.1) is 5.41 Å². The summed E-state index contributed by atoms with van der Waals surface area (Å²) in [5.74, 6) is 4.49. The van der Waals surface area contributed by atoms with Gasteiger partial charge in [-0.1, -0.05) is 32.0 Å². The third-order valence-electron chi connectivity index (χ3n) is 6.33. The van der Waals surface area contributed by atoms with Crippen molar-refractivity contribution in [2.24, 2.45) is 11.3 Å². The van der Waals surface area contributed by atoms with Gasteiger partial charge in [0.05, 0.1) is 16.5 Å².